The molecule has 3 heterocycles. The van der Waals surface area contributed by atoms with Crippen molar-refractivity contribution in [2.45, 2.75) is 37.3 Å². The van der Waals surface area contributed by atoms with E-state index in [0.717, 1.165) is 17.8 Å². The summed E-state index contributed by atoms with van der Waals surface area (Å²) >= 11 is 0. The maximum atomic E-state index is 13.6. The molecular weight excluding hydrogens is 217 g/mol. The van der Waals surface area contributed by atoms with Crippen LogP contribution < -0.4 is 5.32 Å². The predicted octanol–water partition coefficient (Wildman–Crippen LogP) is 2.31. The van der Waals surface area contributed by atoms with Crippen molar-refractivity contribution in [3.05, 3.63) is 29.8 Å². The number of hydrogen-bond donors (Lipinski definition) is 2. The summed E-state index contributed by atoms with van der Waals surface area (Å²) in [7, 11) is 0. The van der Waals surface area contributed by atoms with Crippen molar-refractivity contribution in [1.29, 1.82) is 0 Å². The van der Waals surface area contributed by atoms with E-state index < -0.39 is 0 Å². The molecule has 2 bridgehead atoms. The first-order chi connectivity index (χ1) is 8.31. The van der Waals surface area contributed by atoms with E-state index in [1.807, 2.05) is 6.07 Å². The molecule has 3 atom stereocenters. The maximum absolute atomic E-state index is 13.6. The van der Waals surface area contributed by atoms with E-state index in [4.69, 9.17) is 0 Å². The first-order valence-electron chi connectivity index (χ1n) is 6.21. The number of fused-ring (bicyclic) bond motifs is 3. The first-order valence-corrected chi connectivity index (χ1v) is 6.21. The number of rotatable bonds is 1. The highest BCUT2D eigenvalue weighted by molar-refractivity contribution is 5.75. The zero-order valence-corrected chi connectivity index (χ0v) is 9.41. The minimum Gasteiger partial charge on any atom is -0.342 e. The van der Waals surface area contributed by atoms with Crippen molar-refractivity contribution in [2.24, 2.45) is 0 Å². The Bertz CT molecular complexity index is 577. The Hall–Kier alpha value is -1.42. The van der Waals surface area contributed by atoms with Crippen LogP contribution in [0.1, 0.15) is 31.0 Å². The minimum absolute atomic E-state index is 0.235. The van der Waals surface area contributed by atoms with E-state index in [2.05, 4.69) is 15.3 Å². The summed E-state index contributed by atoms with van der Waals surface area (Å²) in [6.45, 7) is 0. The average molecular weight is 231 g/mol. The Morgan fingerprint density at radius 1 is 1.29 bits per heavy atom. The van der Waals surface area contributed by atoms with Gasteiger partial charge in [-0.05, 0) is 31.4 Å². The number of aromatic amines is 1. The van der Waals surface area contributed by atoms with Crippen LogP contribution in [0, 0.1) is 5.82 Å². The lowest BCUT2D eigenvalue weighted by Gasteiger charge is -2.17. The average Bonchev–Trinajstić information content (AvgIpc) is 3.03. The summed E-state index contributed by atoms with van der Waals surface area (Å²) in [6.07, 6.45) is 3.62. The van der Waals surface area contributed by atoms with Gasteiger partial charge in [-0.15, -0.1) is 0 Å². The van der Waals surface area contributed by atoms with Crippen LogP contribution in [0.5, 0.6) is 0 Å². The van der Waals surface area contributed by atoms with E-state index >= 15 is 0 Å². The molecule has 0 aliphatic carbocycles. The number of benzene rings is 1. The van der Waals surface area contributed by atoms with Gasteiger partial charge in [0.05, 0.1) is 5.52 Å². The number of H-pyrrole nitrogens is 1. The van der Waals surface area contributed by atoms with Crippen LogP contribution in [0.2, 0.25) is 0 Å². The molecule has 4 heteroatoms. The van der Waals surface area contributed by atoms with Crippen LogP contribution in [-0.4, -0.2) is 22.1 Å². The topological polar surface area (TPSA) is 40.7 Å². The molecule has 0 saturated carbocycles. The van der Waals surface area contributed by atoms with E-state index in [0.29, 0.717) is 23.5 Å². The first kappa shape index (κ1) is 9.59. The van der Waals surface area contributed by atoms with Crippen LogP contribution in [0.3, 0.4) is 0 Å². The molecule has 2 fully saturated rings. The molecule has 1 aromatic heterocycles. The molecule has 88 valence electrons. The fraction of sp³-hybridized carbons (Fsp3) is 0.462. The molecule has 2 saturated heterocycles. The van der Waals surface area contributed by atoms with Crippen LogP contribution in [0.4, 0.5) is 4.39 Å². The van der Waals surface area contributed by atoms with Gasteiger partial charge in [-0.1, -0.05) is 6.07 Å². The molecule has 3 nitrogen and oxygen atoms in total. The Balaban J connectivity index is 1.79. The molecule has 2 aromatic rings. The van der Waals surface area contributed by atoms with Crippen molar-refractivity contribution < 1.29 is 4.39 Å². The fourth-order valence-corrected chi connectivity index (χ4v) is 3.32. The number of imidazole rings is 1. The van der Waals surface area contributed by atoms with Gasteiger partial charge in [-0.25, -0.2) is 9.37 Å². The summed E-state index contributed by atoms with van der Waals surface area (Å²) in [4.78, 5) is 7.71. The highest BCUT2D eigenvalue weighted by Gasteiger charge is 2.41. The van der Waals surface area contributed by atoms with Gasteiger partial charge in [-0.2, -0.15) is 0 Å². The van der Waals surface area contributed by atoms with Crippen molar-refractivity contribution in [1.82, 2.24) is 15.3 Å². The largest absolute Gasteiger partial charge is 0.342 e. The zero-order chi connectivity index (χ0) is 11.4. The van der Waals surface area contributed by atoms with E-state index in [1.54, 1.807) is 6.07 Å². The van der Waals surface area contributed by atoms with Crippen LogP contribution in [-0.2, 0) is 0 Å². The van der Waals surface area contributed by atoms with E-state index in [1.165, 1.54) is 18.9 Å². The molecule has 2 N–H and O–H groups in total. The number of nitrogens with zero attached hydrogens (tertiary/aromatic N) is 1. The van der Waals surface area contributed by atoms with Gasteiger partial charge in [0.2, 0.25) is 0 Å². The quantitative estimate of drug-likeness (QED) is 0.790. The normalized spacial score (nSPS) is 31.5. The highest BCUT2D eigenvalue weighted by atomic mass is 19.1. The lowest BCUT2D eigenvalue weighted by atomic mass is 9.89. The van der Waals surface area contributed by atoms with Gasteiger partial charge in [0, 0.05) is 18.0 Å². The summed E-state index contributed by atoms with van der Waals surface area (Å²) in [5.41, 5.74) is 1.29. The van der Waals surface area contributed by atoms with Crippen molar-refractivity contribution >= 4 is 11.0 Å². The molecular formula is C13H14FN3. The lowest BCUT2D eigenvalue weighted by Crippen LogP contribution is -2.22. The number of nitrogens with one attached hydrogen (secondary N) is 2. The molecule has 2 aliphatic heterocycles. The molecule has 0 spiro atoms. The number of hydrogen-bond acceptors (Lipinski definition) is 2. The summed E-state index contributed by atoms with van der Waals surface area (Å²) in [5, 5.41) is 3.58. The molecule has 17 heavy (non-hydrogen) atoms. The summed E-state index contributed by atoms with van der Waals surface area (Å²) < 4.78 is 13.6. The van der Waals surface area contributed by atoms with Crippen molar-refractivity contribution in [3.8, 4) is 0 Å². The molecule has 0 amide bonds. The number of para-hydroxylation sites is 1. The van der Waals surface area contributed by atoms with Crippen molar-refractivity contribution in [3.63, 3.8) is 0 Å². The van der Waals surface area contributed by atoms with Gasteiger partial charge in [-0.3, -0.25) is 0 Å². The van der Waals surface area contributed by atoms with E-state index in [-0.39, 0.29) is 5.82 Å². The Morgan fingerprint density at radius 2 is 2.24 bits per heavy atom. The lowest BCUT2D eigenvalue weighted by molar-refractivity contribution is 0.490. The number of aromatic nitrogens is 2. The standard InChI is InChI=1S/C13H14FN3/c14-9-2-1-3-11-12(9)17-13(16-11)8-6-7-4-5-10(8)15-7/h1-3,7-8,10,15H,4-6H2,(H,16,17). The van der Waals surface area contributed by atoms with Gasteiger partial charge >= 0.3 is 0 Å². The second-order valence-electron chi connectivity index (χ2n) is 5.15. The zero-order valence-electron chi connectivity index (χ0n) is 9.41. The highest BCUT2D eigenvalue weighted by Crippen LogP contribution is 2.39. The maximum Gasteiger partial charge on any atom is 0.151 e. The van der Waals surface area contributed by atoms with Gasteiger partial charge < -0.3 is 10.3 Å². The van der Waals surface area contributed by atoms with Crippen LogP contribution in [0.25, 0.3) is 11.0 Å². The van der Waals surface area contributed by atoms with Gasteiger partial charge in [0.1, 0.15) is 11.3 Å². The van der Waals surface area contributed by atoms with Gasteiger partial charge in [0.25, 0.3) is 0 Å². The monoisotopic (exact) mass is 231 g/mol. The smallest absolute Gasteiger partial charge is 0.151 e. The number of halogens is 1. The van der Waals surface area contributed by atoms with E-state index in [9.17, 15) is 4.39 Å². The Kier molecular flexibility index (Phi) is 1.86. The van der Waals surface area contributed by atoms with Gasteiger partial charge in [0.15, 0.2) is 5.82 Å². The van der Waals surface area contributed by atoms with Crippen LogP contribution >= 0.6 is 0 Å². The second-order valence-corrected chi connectivity index (χ2v) is 5.15. The molecule has 3 unspecified atom stereocenters. The Morgan fingerprint density at radius 3 is 2.94 bits per heavy atom. The minimum atomic E-state index is -0.235. The molecule has 4 rings (SSSR count). The SMILES string of the molecule is Fc1cccc2[nH]c(C3CC4CCC3N4)nc12. The third-order valence-electron chi connectivity index (χ3n) is 4.13. The fourth-order valence-electron chi connectivity index (χ4n) is 3.32. The third-order valence-corrected chi connectivity index (χ3v) is 4.13. The summed E-state index contributed by atoms with van der Waals surface area (Å²) in [6, 6.07) is 6.24. The summed E-state index contributed by atoms with van der Waals surface area (Å²) in [5.74, 6) is 1.14. The molecule has 2 aliphatic rings. The third kappa shape index (κ3) is 1.33. The molecule has 1 aromatic carbocycles. The Labute approximate surface area is 98.4 Å². The van der Waals surface area contributed by atoms with Crippen LogP contribution in [0.15, 0.2) is 18.2 Å². The predicted molar refractivity (Wildman–Crippen MR) is 63.4 cm³/mol. The second kappa shape index (κ2) is 3.29. The molecule has 0 radical (unpaired) electrons. The van der Waals surface area contributed by atoms with Crippen molar-refractivity contribution in [2.75, 3.05) is 0 Å².